The minimum atomic E-state index is -0.468. The van der Waals surface area contributed by atoms with Crippen molar-refractivity contribution in [1.29, 1.82) is 5.26 Å². The first kappa shape index (κ1) is 20.8. The quantitative estimate of drug-likeness (QED) is 0.533. The fourth-order valence-corrected chi connectivity index (χ4v) is 3.69. The summed E-state index contributed by atoms with van der Waals surface area (Å²) in [6, 6.07) is 9.45. The molecule has 1 aliphatic heterocycles. The van der Waals surface area contributed by atoms with Crippen LogP contribution in [0.4, 0.5) is 17.3 Å². The second-order valence-corrected chi connectivity index (χ2v) is 7.90. The maximum atomic E-state index is 9.91. The van der Waals surface area contributed by atoms with Gasteiger partial charge < -0.3 is 20.5 Å². The number of nitriles is 1. The molecule has 0 saturated heterocycles. The van der Waals surface area contributed by atoms with Crippen LogP contribution < -0.4 is 15.4 Å². The molecule has 0 bridgehead atoms. The molecular weight excluding hydrogens is 416 g/mol. The third-order valence-electron chi connectivity index (χ3n) is 5.21. The Hall–Kier alpha value is -3.41. The maximum absolute atomic E-state index is 9.91. The Morgan fingerprint density at radius 3 is 2.94 bits per heavy atom. The van der Waals surface area contributed by atoms with Crippen molar-refractivity contribution in [3.05, 3.63) is 52.8 Å². The van der Waals surface area contributed by atoms with Crippen LogP contribution >= 0.6 is 11.6 Å². The van der Waals surface area contributed by atoms with Crippen molar-refractivity contribution >= 4 is 28.9 Å². The number of ether oxygens (including phenoxy) is 1. The van der Waals surface area contributed by atoms with Gasteiger partial charge in [0, 0.05) is 29.9 Å². The van der Waals surface area contributed by atoms with Gasteiger partial charge in [-0.05, 0) is 36.8 Å². The van der Waals surface area contributed by atoms with Crippen LogP contribution in [0.1, 0.15) is 25.0 Å². The molecule has 8 nitrogen and oxygen atoms in total. The summed E-state index contributed by atoms with van der Waals surface area (Å²) in [5.74, 6) is 0.736. The average molecular weight is 437 g/mol. The number of nitrogens with zero attached hydrogens (tertiary/aromatic N) is 4. The molecule has 0 radical (unpaired) electrons. The van der Waals surface area contributed by atoms with Gasteiger partial charge in [0.2, 0.25) is 11.8 Å². The standard InChI is InChI=1S/C22H21ClN6O2/c1-3-31-20-18(8-15(23)10-26-20)29-21-25-5-4-17(28-21)13-6-14(9-24)19-16(7-13)22(2,12-30)11-27-19/h4-8,10,27,30H,3,11-12H2,1-2H3,(H,25,28,29)/t22-/m1/s1. The number of aromatic nitrogens is 3. The second kappa shape index (κ2) is 8.38. The lowest BCUT2D eigenvalue weighted by molar-refractivity contribution is 0.219. The highest BCUT2D eigenvalue weighted by atomic mass is 35.5. The van der Waals surface area contributed by atoms with Crippen LogP contribution in [0.3, 0.4) is 0 Å². The number of benzene rings is 1. The normalized spacial score (nSPS) is 16.9. The van der Waals surface area contributed by atoms with Gasteiger partial charge in [0.15, 0.2) is 0 Å². The van der Waals surface area contributed by atoms with E-state index in [0.29, 0.717) is 46.9 Å². The zero-order chi connectivity index (χ0) is 22.0. The number of halogens is 1. The molecule has 0 fully saturated rings. The molecule has 2 aromatic heterocycles. The van der Waals surface area contributed by atoms with Gasteiger partial charge in [0.1, 0.15) is 11.8 Å². The lowest BCUT2D eigenvalue weighted by Gasteiger charge is -2.21. The Morgan fingerprint density at radius 1 is 1.35 bits per heavy atom. The molecule has 0 aliphatic carbocycles. The lowest BCUT2D eigenvalue weighted by atomic mass is 9.83. The summed E-state index contributed by atoms with van der Waals surface area (Å²) >= 11 is 6.08. The van der Waals surface area contributed by atoms with Crippen molar-refractivity contribution in [2.45, 2.75) is 19.3 Å². The van der Waals surface area contributed by atoms with Crippen LogP contribution in [0.5, 0.6) is 5.88 Å². The second-order valence-electron chi connectivity index (χ2n) is 7.46. The number of aliphatic hydroxyl groups excluding tert-OH is 1. The van der Waals surface area contributed by atoms with Gasteiger partial charge in [-0.25, -0.2) is 15.0 Å². The highest BCUT2D eigenvalue weighted by Crippen LogP contribution is 2.41. The van der Waals surface area contributed by atoms with Crippen molar-refractivity contribution in [3.63, 3.8) is 0 Å². The number of nitrogens with one attached hydrogen (secondary N) is 2. The highest BCUT2D eigenvalue weighted by molar-refractivity contribution is 6.30. The summed E-state index contributed by atoms with van der Waals surface area (Å²) in [4.78, 5) is 13.1. The van der Waals surface area contributed by atoms with E-state index in [-0.39, 0.29) is 6.61 Å². The molecule has 158 valence electrons. The summed E-state index contributed by atoms with van der Waals surface area (Å²) < 4.78 is 5.54. The number of aliphatic hydroxyl groups is 1. The van der Waals surface area contributed by atoms with Gasteiger partial charge in [-0.15, -0.1) is 0 Å². The fraction of sp³-hybridized carbons (Fsp3) is 0.273. The SMILES string of the molecule is CCOc1ncc(Cl)cc1Nc1nccc(-c2cc(C#N)c3c(c2)[C@@](C)(CO)CN3)n1. The number of pyridine rings is 1. The Bertz CT molecular complexity index is 1180. The van der Waals surface area contributed by atoms with Gasteiger partial charge in [-0.2, -0.15) is 5.26 Å². The third-order valence-corrected chi connectivity index (χ3v) is 5.42. The highest BCUT2D eigenvalue weighted by Gasteiger charge is 2.35. The largest absolute Gasteiger partial charge is 0.476 e. The Balaban J connectivity index is 1.73. The molecule has 4 rings (SSSR count). The predicted octanol–water partition coefficient (Wildman–Crippen LogP) is 3.88. The van der Waals surface area contributed by atoms with E-state index in [9.17, 15) is 10.4 Å². The average Bonchev–Trinajstić information content (AvgIpc) is 3.12. The molecule has 0 spiro atoms. The maximum Gasteiger partial charge on any atom is 0.237 e. The molecule has 0 unspecified atom stereocenters. The van der Waals surface area contributed by atoms with E-state index in [2.05, 4.69) is 31.7 Å². The Morgan fingerprint density at radius 2 is 2.19 bits per heavy atom. The number of hydrogen-bond acceptors (Lipinski definition) is 8. The van der Waals surface area contributed by atoms with Crippen molar-refractivity contribution < 1.29 is 9.84 Å². The molecule has 1 aromatic carbocycles. The molecule has 31 heavy (non-hydrogen) atoms. The Kier molecular flexibility index (Phi) is 5.63. The van der Waals surface area contributed by atoms with Crippen molar-refractivity contribution in [1.82, 2.24) is 15.0 Å². The molecule has 3 N–H and O–H groups in total. The predicted molar refractivity (Wildman–Crippen MR) is 119 cm³/mol. The van der Waals surface area contributed by atoms with Gasteiger partial charge >= 0.3 is 0 Å². The Labute approximate surface area is 184 Å². The van der Waals surface area contributed by atoms with E-state index >= 15 is 0 Å². The van der Waals surface area contributed by atoms with Gasteiger partial charge in [0.05, 0.1) is 35.2 Å². The van der Waals surface area contributed by atoms with E-state index < -0.39 is 5.41 Å². The molecule has 0 amide bonds. The van der Waals surface area contributed by atoms with Gasteiger partial charge in [-0.1, -0.05) is 18.5 Å². The minimum Gasteiger partial charge on any atom is -0.476 e. The van der Waals surface area contributed by atoms with Crippen LogP contribution in [-0.2, 0) is 5.41 Å². The van der Waals surface area contributed by atoms with Crippen LogP contribution in [0, 0.1) is 11.3 Å². The zero-order valence-electron chi connectivity index (χ0n) is 17.1. The van der Waals surface area contributed by atoms with Crippen molar-refractivity contribution in [3.8, 4) is 23.2 Å². The first-order chi connectivity index (χ1) is 15.0. The molecular formula is C22H21ClN6O2. The van der Waals surface area contributed by atoms with E-state index in [1.165, 1.54) is 6.20 Å². The smallest absolute Gasteiger partial charge is 0.237 e. The first-order valence-corrected chi connectivity index (χ1v) is 10.2. The van der Waals surface area contributed by atoms with E-state index in [4.69, 9.17) is 16.3 Å². The minimum absolute atomic E-state index is 0.0279. The third kappa shape index (κ3) is 3.98. The molecule has 9 heteroatoms. The fourth-order valence-electron chi connectivity index (χ4n) is 3.53. The molecule has 3 aromatic rings. The van der Waals surface area contributed by atoms with Gasteiger partial charge in [-0.3, -0.25) is 0 Å². The van der Waals surface area contributed by atoms with Crippen molar-refractivity contribution in [2.75, 3.05) is 30.4 Å². The van der Waals surface area contributed by atoms with Gasteiger partial charge in [0.25, 0.3) is 0 Å². The van der Waals surface area contributed by atoms with Crippen molar-refractivity contribution in [2.24, 2.45) is 0 Å². The number of rotatable bonds is 6. The van der Waals surface area contributed by atoms with Crippen LogP contribution in [0.15, 0.2) is 36.7 Å². The number of hydrogen-bond donors (Lipinski definition) is 3. The molecule has 1 atom stereocenters. The number of fused-ring (bicyclic) bond motifs is 1. The first-order valence-electron chi connectivity index (χ1n) is 9.79. The molecule has 0 saturated carbocycles. The topological polar surface area (TPSA) is 116 Å². The lowest BCUT2D eigenvalue weighted by Crippen LogP contribution is -2.28. The molecule has 1 aliphatic rings. The summed E-state index contributed by atoms with van der Waals surface area (Å²) in [5, 5.41) is 26.4. The summed E-state index contributed by atoms with van der Waals surface area (Å²) in [7, 11) is 0. The van der Waals surface area contributed by atoms with Crippen LogP contribution in [0.25, 0.3) is 11.3 Å². The van der Waals surface area contributed by atoms with E-state index in [1.54, 1.807) is 24.4 Å². The van der Waals surface area contributed by atoms with Crippen LogP contribution in [0.2, 0.25) is 5.02 Å². The number of anilines is 3. The summed E-state index contributed by atoms with van der Waals surface area (Å²) in [5.41, 5.74) is 3.65. The van der Waals surface area contributed by atoms with E-state index in [0.717, 1.165) is 16.8 Å². The van der Waals surface area contributed by atoms with Crippen LogP contribution in [-0.4, -0.2) is 39.8 Å². The monoisotopic (exact) mass is 436 g/mol. The molecule has 3 heterocycles. The van der Waals surface area contributed by atoms with E-state index in [1.807, 2.05) is 19.9 Å². The summed E-state index contributed by atoms with van der Waals surface area (Å²) in [6.45, 7) is 4.82. The zero-order valence-corrected chi connectivity index (χ0v) is 17.9. The summed E-state index contributed by atoms with van der Waals surface area (Å²) in [6.07, 6.45) is 3.14.